The predicted molar refractivity (Wildman–Crippen MR) is 154 cm³/mol. The molecule has 5 rings (SSSR count). The Hall–Kier alpha value is -3.34. The molecule has 5 heteroatoms. The molecule has 2 aromatic carbocycles. The lowest BCUT2D eigenvalue weighted by Crippen LogP contribution is -2.42. The number of likely N-dealkylation sites (tertiary alicyclic amines) is 1. The number of amides is 1. The molecule has 1 fully saturated rings. The van der Waals surface area contributed by atoms with Crippen LogP contribution in [0.1, 0.15) is 86.5 Å². The van der Waals surface area contributed by atoms with Crippen molar-refractivity contribution in [3.63, 3.8) is 0 Å². The van der Waals surface area contributed by atoms with Crippen molar-refractivity contribution in [1.82, 2.24) is 14.5 Å². The highest BCUT2D eigenvalue weighted by molar-refractivity contribution is 5.86. The van der Waals surface area contributed by atoms with Crippen LogP contribution < -0.4 is 0 Å². The molecule has 1 saturated heterocycles. The topological polar surface area (TPSA) is 47.4 Å². The number of fused-ring (bicyclic) bond motifs is 2. The Morgan fingerprint density at radius 2 is 1.84 bits per heavy atom. The molecule has 2 heterocycles. The molecule has 2 aliphatic rings. The van der Waals surface area contributed by atoms with Crippen molar-refractivity contribution >= 4 is 17.7 Å². The molecule has 1 aliphatic carbocycles. The van der Waals surface area contributed by atoms with Crippen molar-refractivity contribution < 1.29 is 9.53 Å². The average molecular weight is 512 g/mol. The molecule has 200 valence electrons. The number of allylic oxidation sites excluding steroid dienone is 1. The highest BCUT2D eigenvalue weighted by Gasteiger charge is 2.35. The largest absolute Gasteiger partial charge is 0.444 e. The summed E-state index contributed by atoms with van der Waals surface area (Å²) < 4.78 is 7.91. The second-order valence-electron chi connectivity index (χ2n) is 11.9. The number of rotatable bonds is 5. The van der Waals surface area contributed by atoms with Crippen molar-refractivity contribution in [3.8, 4) is 0 Å². The van der Waals surface area contributed by atoms with E-state index in [9.17, 15) is 4.79 Å². The van der Waals surface area contributed by atoms with Gasteiger partial charge in [-0.3, -0.25) is 0 Å². The summed E-state index contributed by atoms with van der Waals surface area (Å²) in [5.74, 6) is 1.77. The second kappa shape index (κ2) is 10.8. The van der Waals surface area contributed by atoms with Crippen LogP contribution in [-0.2, 0) is 17.7 Å². The minimum absolute atomic E-state index is 0.192. The van der Waals surface area contributed by atoms with Crippen molar-refractivity contribution in [2.75, 3.05) is 13.1 Å². The first kappa shape index (κ1) is 26.3. The van der Waals surface area contributed by atoms with Gasteiger partial charge >= 0.3 is 6.09 Å². The molecule has 1 aliphatic heterocycles. The third-order valence-electron chi connectivity index (χ3n) is 7.92. The van der Waals surface area contributed by atoms with Gasteiger partial charge in [-0.1, -0.05) is 55.8 Å². The summed E-state index contributed by atoms with van der Waals surface area (Å²) in [6, 6.07) is 16.0. The number of piperidine rings is 1. The fraction of sp³-hybridized carbons (Fsp3) is 0.455. The van der Waals surface area contributed by atoms with E-state index in [4.69, 9.17) is 4.74 Å². The van der Waals surface area contributed by atoms with Crippen LogP contribution in [0.25, 0.3) is 11.6 Å². The summed E-state index contributed by atoms with van der Waals surface area (Å²) in [6.45, 7) is 12.4. The number of hydrogen-bond donors (Lipinski definition) is 0. The number of aromatic nitrogens is 2. The Morgan fingerprint density at radius 3 is 2.53 bits per heavy atom. The highest BCUT2D eigenvalue weighted by Crippen LogP contribution is 2.45. The van der Waals surface area contributed by atoms with Crippen molar-refractivity contribution in [3.05, 3.63) is 88.5 Å². The number of hydrogen-bond acceptors (Lipinski definition) is 3. The van der Waals surface area contributed by atoms with Crippen LogP contribution in [0.5, 0.6) is 0 Å². The first-order valence-corrected chi connectivity index (χ1v) is 14.1. The summed E-state index contributed by atoms with van der Waals surface area (Å²) in [7, 11) is 0. The maximum atomic E-state index is 12.8. The minimum atomic E-state index is -0.474. The van der Waals surface area contributed by atoms with Gasteiger partial charge < -0.3 is 14.2 Å². The summed E-state index contributed by atoms with van der Waals surface area (Å²) >= 11 is 0. The molecule has 0 bridgehead atoms. The zero-order valence-electron chi connectivity index (χ0n) is 23.5. The monoisotopic (exact) mass is 511 g/mol. The Labute approximate surface area is 227 Å². The number of nitrogens with zero attached hydrogens (tertiary/aromatic N) is 3. The average Bonchev–Trinajstić information content (AvgIpc) is 3.22. The van der Waals surface area contributed by atoms with Crippen LogP contribution in [-0.4, -0.2) is 39.2 Å². The molecule has 5 nitrogen and oxygen atoms in total. The number of aryl methyl sites for hydroxylation is 2. The fourth-order valence-electron chi connectivity index (χ4n) is 6.10. The van der Waals surface area contributed by atoms with Gasteiger partial charge in [0.05, 0.1) is 0 Å². The van der Waals surface area contributed by atoms with Gasteiger partial charge in [-0.15, -0.1) is 0 Å². The SMILES string of the molecule is CCCc1ccc2c(c1)C(C1CCN(C(=O)OC(C)(C)C)CC1)c1ccccc1C=C2Cn1ccnc1C. The van der Waals surface area contributed by atoms with E-state index in [2.05, 4.69) is 78.1 Å². The summed E-state index contributed by atoms with van der Waals surface area (Å²) in [6.07, 6.45) is 10.3. The predicted octanol–water partition coefficient (Wildman–Crippen LogP) is 7.48. The second-order valence-corrected chi connectivity index (χ2v) is 11.9. The van der Waals surface area contributed by atoms with Gasteiger partial charge in [0.25, 0.3) is 0 Å². The maximum absolute atomic E-state index is 12.8. The third-order valence-corrected chi connectivity index (χ3v) is 7.92. The fourth-order valence-corrected chi connectivity index (χ4v) is 6.10. The number of ether oxygens (including phenoxy) is 1. The lowest BCUT2D eigenvalue weighted by molar-refractivity contribution is 0.0178. The first-order chi connectivity index (χ1) is 18.2. The zero-order chi connectivity index (χ0) is 26.9. The number of imidazole rings is 1. The molecule has 1 aromatic heterocycles. The first-order valence-electron chi connectivity index (χ1n) is 14.1. The number of carbonyl (C=O) groups is 1. The van der Waals surface area contributed by atoms with Gasteiger partial charge in [-0.05, 0) is 92.3 Å². The smallest absolute Gasteiger partial charge is 0.410 e. The van der Waals surface area contributed by atoms with E-state index in [1.807, 2.05) is 31.9 Å². The van der Waals surface area contributed by atoms with Crippen LogP contribution in [0.15, 0.2) is 54.9 Å². The molecule has 0 radical (unpaired) electrons. The van der Waals surface area contributed by atoms with Gasteiger partial charge in [0, 0.05) is 37.9 Å². The molecule has 0 saturated carbocycles. The van der Waals surface area contributed by atoms with E-state index >= 15 is 0 Å². The minimum Gasteiger partial charge on any atom is -0.444 e. The Morgan fingerprint density at radius 1 is 1.08 bits per heavy atom. The van der Waals surface area contributed by atoms with E-state index < -0.39 is 5.60 Å². The van der Waals surface area contributed by atoms with E-state index in [1.54, 1.807) is 0 Å². The lowest BCUT2D eigenvalue weighted by atomic mass is 9.74. The Balaban J connectivity index is 1.53. The van der Waals surface area contributed by atoms with Crippen LogP contribution >= 0.6 is 0 Å². The lowest BCUT2D eigenvalue weighted by Gasteiger charge is -2.38. The van der Waals surface area contributed by atoms with E-state index in [1.165, 1.54) is 33.4 Å². The maximum Gasteiger partial charge on any atom is 0.410 e. The van der Waals surface area contributed by atoms with E-state index in [-0.39, 0.29) is 12.0 Å². The Kier molecular flexibility index (Phi) is 7.47. The van der Waals surface area contributed by atoms with E-state index in [0.717, 1.165) is 51.1 Å². The summed E-state index contributed by atoms with van der Waals surface area (Å²) in [5, 5.41) is 0. The highest BCUT2D eigenvalue weighted by atomic mass is 16.6. The van der Waals surface area contributed by atoms with Crippen LogP contribution in [0, 0.1) is 12.8 Å². The molecule has 0 spiro atoms. The Bertz CT molecular complexity index is 1320. The van der Waals surface area contributed by atoms with Gasteiger partial charge in [0.15, 0.2) is 0 Å². The van der Waals surface area contributed by atoms with E-state index in [0.29, 0.717) is 5.92 Å². The molecular formula is C33H41N3O2. The molecular weight excluding hydrogens is 470 g/mol. The molecule has 1 atom stereocenters. The molecule has 1 unspecified atom stereocenters. The molecule has 38 heavy (non-hydrogen) atoms. The zero-order valence-corrected chi connectivity index (χ0v) is 23.5. The number of carbonyl (C=O) groups excluding carboxylic acids is 1. The molecule has 3 aromatic rings. The third kappa shape index (κ3) is 5.57. The summed E-state index contributed by atoms with van der Waals surface area (Å²) in [4.78, 5) is 19.1. The molecule has 1 amide bonds. The molecule has 0 N–H and O–H groups in total. The number of benzene rings is 2. The standard InChI is InChI=1S/C33H41N3O2/c1-6-9-24-12-13-28-27(22-36-19-16-34-23(36)2)21-26-10-7-8-11-29(26)31(30(28)20-24)25-14-17-35(18-15-25)32(37)38-33(3,4)5/h7-8,10-13,16,19-21,25,31H,6,9,14-15,17-18,22H2,1-5H3. The summed E-state index contributed by atoms with van der Waals surface area (Å²) in [5.41, 5.74) is 7.72. The van der Waals surface area contributed by atoms with Gasteiger partial charge in [0.2, 0.25) is 0 Å². The van der Waals surface area contributed by atoms with Gasteiger partial charge in [-0.25, -0.2) is 9.78 Å². The quantitative estimate of drug-likeness (QED) is 0.357. The normalized spacial score (nSPS) is 17.9. The van der Waals surface area contributed by atoms with Crippen LogP contribution in [0.4, 0.5) is 4.79 Å². The van der Waals surface area contributed by atoms with Gasteiger partial charge in [0.1, 0.15) is 11.4 Å². The van der Waals surface area contributed by atoms with Gasteiger partial charge in [-0.2, -0.15) is 0 Å². The van der Waals surface area contributed by atoms with Crippen molar-refractivity contribution in [2.45, 2.75) is 78.4 Å². The van der Waals surface area contributed by atoms with Crippen molar-refractivity contribution in [1.29, 1.82) is 0 Å². The van der Waals surface area contributed by atoms with Crippen molar-refractivity contribution in [2.24, 2.45) is 5.92 Å². The van der Waals surface area contributed by atoms with Crippen LogP contribution in [0.3, 0.4) is 0 Å². The van der Waals surface area contributed by atoms with Crippen LogP contribution in [0.2, 0.25) is 0 Å².